The number of hydrogen-bond donors (Lipinski definition) is 0. The predicted molar refractivity (Wildman–Crippen MR) is 97.8 cm³/mol. The van der Waals surface area contributed by atoms with Crippen molar-refractivity contribution < 1.29 is 14.3 Å². The maximum absolute atomic E-state index is 12.3. The van der Waals surface area contributed by atoms with Gasteiger partial charge in [0, 0.05) is 6.07 Å². The number of carbonyl (C=O) groups is 1. The molecule has 128 valence electrons. The highest BCUT2D eigenvalue weighted by Gasteiger charge is 2.20. The summed E-state index contributed by atoms with van der Waals surface area (Å²) in [6.45, 7) is 5.50. The van der Waals surface area contributed by atoms with Gasteiger partial charge in [0.25, 0.3) is 0 Å². The summed E-state index contributed by atoms with van der Waals surface area (Å²) in [5.74, 6) is 0.276. The first kappa shape index (κ1) is 18.9. The van der Waals surface area contributed by atoms with Crippen LogP contribution in [-0.2, 0) is 11.2 Å². The Morgan fingerprint density at radius 3 is 2.38 bits per heavy atom. The smallest absolute Gasteiger partial charge is 0.352 e. The Balaban J connectivity index is 2.12. The molecule has 3 nitrogen and oxygen atoms in total. The first-order chi connectivity index (χ1) is 11.3. The summed E-state index contributed by atoms with van der Waals surface area (Å²) in [4.78, 5) is 12.3. The zero-order valence-electron chi connectivity index (χ0n) is 13.5. The molecular formula is C18H17Cl3O3. The zero-order valence-corrected chi connectivity index (χ0v) is 15.8. The van der Waals surface area contributed by atoms with Gasteiger partial charge in [-0.2, -0.15) is 0 Å². The van der Waals surface area contributed by atoms with E-state index in [0.29, 0.717) is 15.8 Å². The molecule has 0 aliphatic rings. The highest BCUT2D eigenvalue weighted by molar-refractivity contribution is 6.43. The van der Waals surface area contributed by atoms with Gasteiger partial charge >= 0.3 is 5.97 Å². The molecule has 2 aromatic carbocycles. The highest BCUT2D eigenvalue weighted by Crippen LogP contribution is 2.34. The molecule has 0 aromatic heterocycles. The number of hydrogen-bond acceptors (Lipinski definition) is 3. The van der Waals surface area contributed by atoms with Crippen molar-refractivity contribution in [2.75, 3.05) is 0 Å². The molecule has 1 atom stereocenters. The summed E-state index contributed by atoms with van der Waals surface area (Å²) in [6, 6.07) is 8.71. The molecule has 2 rings (SSSR count). The molecule has 0 saturated heterocycles. The Hall–Kier alpha value is -1.42. The molecule has 0 N–H and O–H groups in total. The standard InChI is InChI=1S/C18H17Cl3O3/c1-4-12-6-5-10(2)16(7-12)24-18(22)11(3)23-17-9-14(20)13(19)8-15(17)21/h5-9,11H,4H2,1-3H3/t11-/m1/s1. The minimum Gasteiger partial charge on any atom is -0.477 e. The maximum atomic E-state index is 12.3. The first-order valence-electron chi connectivity index (χ1n) is 7.44. The van der Waals surface area contributed by atoms with Gasteiger partial charge in [0.1, 0.15) is 11.5 Å². The molecular weight excluding hydrogens is 371 g/mol. The number of aryl methyl sites for hydroxylation is 2. The second-order valence-corrected chi connectivity index (χ2v) is 6.55. The van der Waals surface area contributed by atoms with Gasteiger partial charge in [-0.25, -0.2) is 4.79 Å². The van der Waals surface area contributed by atoms with Crippen molar-refractivity contribution in [1.29, 1.82) is 0 Å². The van der Waals surface area contributed by atoms with Crippen molar-refractivity contribution in [3.8, 4) is 11.5 Å². The summed E-state index contributed by atoms with van der Waals surface area (Å²) >= 11 is 17.9. The monoisotopic (exact) mass is 386 g/mol. The van der Waals surface area contributed by atoms with Crippen LogP contribution in [0.4, 0.5) is 0 Å². The molecule has 0 aliphatic heterocycles. The van der Waals surface area contributed by atoms with E-state index < -0.39 is 12.1 Å². The topological polar surface area (TPSA) is 35.5 Å². The molecule has 0 fully saturated rings. The summed E-state index contributed by atoms with van der Waals surface area (Å²) in [5.41, 5.74) is 1.96. The van der Waals surface area contributed by atoms with Gasteiger partial charge in [0.2, 0.25) is 0 Å². The Kier molecular flexibility index (Phi) is 6.39. The van der Waals surface area contributed by atoms with E-state index in [1.165, 1.54) is 12.1 Å². The van der Waals surface area contributed by atoms with Crippen LogP contribution in [0.3, 0.4) is 0 Å². The van der Waals surface area contributed by atoms with Gasteiger partial charge in [-0.05, 0) is 43.5 Å². The summed E-state index contributed by atoms with van der Waals surface area (Å²) in [5, 5.41) is 0.882. The lowest BCUT2D eigenvalue weighted by atomic mass is 10.1. The van der Waals surface area contributed by atoms with Crippen LogP contribution >= 0.6 is 34.8 Å². The van der Waals surface area contributed by atoms with Crippen molar-refractivity contribution in [3.63, 3.8) is 0 Å². The molecule has 0 saturated carbocycles. The number of rotatable bonds is 5. The van der Waals surface area contributed by atoms with E-state index in [-0.39, 0.29) is 10.8 Å². The molecule has 0 spiro atoms. The van der Waals surface area contributed by atoms with Gasteiger partial charge < -0.3 is 9.47 Å². The number of esters is 1. The second-order valence-electron chi connectivity index (χ2n) is 5.33. The van der Waals surface area contributed by atoms with Crippen molar-refractivity contribution in [1.82, 2.24) is 0 Å². The molecule has 0 radical (unpaired) electrons. The third kappa shape index (κ3) is 4.56. The van der Waals surface area contributed by atoms with Gasteiger partial charge in [-0.3, -0.25) is 0 Å². The Morgan fingerprint density at radius 2 is 1.71 bits per heavy atom. The minimum atomic E-state index is -0.857. The minimum absolute atomic E-state index is 0.271. The summed E-state index contributed by atoms with van der Waals surface area (Å²) < 4.78 is 11.0. The quantitative estimate of drug-likeness (QED) is 0.364. The molecule has 6 heteroatoms. The van der Waals surface area contributed by atoms with E-state index in [4.69, 9.17) is 44.3 Å². The molecule has 0 aliphatic carbocycles. The Morgan fingerprint density at radius 1 is 1.04 bits per heavy atom. The van der Waals surface area contributed by atoms with Crippen molar-refractivity contribution >= 4 is 40.8 Å². The van der Waals surface area contributed by atoms with Crippen molar-refractivity contribution in [2.45, 2.75) is 33.3 Å². The summed E-state index contributed by atoms with van der Waals surface area (Å²) in [6.07, 6.45) is -0.000104. The van der Waals surface area contributed by atoms with Gasteiger partial charge in [0.05, 0.1) is 15.1 Å². The SMILES string of the molecule is CCc1ccc(C)c(OC(=O)[C@@H](C)Oc2cc(Cl)c(Cl)cc2Cl)c1. The Bertz CT molecular complexity index is 759. The predicted octanol–water partition coefficient (Wildman–Crippen LogP) is 5.89. The fourth-order valence-electron chi connectivity index (χ4n) is 2.00. The van der Waals surface area contributed by atoms with E-state index in [1.54, 1.807) is 6.92 Å². The fraction of sp³-hybridized carbons (Fsp3) is 0.278. The molecule has 0 unspecified atom stereocenters. The lowest BCUT2D eigenvalue weighted by Gasteiger charge is -2.16. The molecule has 0 heterocycles. The van der Waals surface area contributed by atoms with Crippen LogP contribution in [0.2, 0.25) is 15.1 Å². The zero-order chi connectivity index (χ0) is 17.9. The number of benzene rings is 2. The summed E-state index contributed by atoms with van der Waals surface area (Å²) in [7, 11) is 0. The third-order valence-corrected chi connectivity index (χ3v) is 4.50. The van der Waals surface area contributed by atoms with Crippen molar-refractivity contribution in [2.24, 2.45) is 0 Å². The number of halogens is 3. The lowest BCUT2D eigenvalue weighted by molar-refractivity contribution is -0.141. The lowest BCUT2D eigenvalue weighted by Crippen LogP contribution is -2.28. The van der Waals surface area contributed by atoms with Crippen LogP contribution in [0.5, 0.6) is 11.5 Å². The Labute approximate surface area is 156 Å². The van der Waals surface area contributed by atoms with Crippen LogP contribution in [-0.4, -0.2) is 12.1 Å². The molecule has 0 bridgehead atoms. The van der Waals surface area contributed by atoms with Crippen LogP contribution in [0.1, 0.15) is 25.0 Å². The normalized spacial score (nSPS) is 11.9. The molecule has 24 heavy (non-hydrogen) atoms. The van der Waals surface area contributed by atoms with E-state index in [2.05, 4.69) is 0 Å². The third-order valence-electron chi connectivity index (χ3n) is 3.48. The van der Waals surface area contributed by atoms with Gasteiger partial charge in [-0.1, -0.05) is 53.9 Å². The van der Waals surface area contributed by atoms with E-state index in [9.17, 15) is 4.79 Å². The van der Waals surface area contributed by atoms with Crippen LogP contribution in [0.15, 0.2) is 30.3 Å². The highest BCUT2D eigenvalue weighted by atomic mass is 35.5. The molecule has 2 aromatic rings. The van der Waals surface area contributed by atoms with E-state index in [1.807, 2.05) is 32.0 Å². The van der Waals surface area contributed by atoms with Gasteiger partial charge in [-0.15, -0.1) is 0 Å². The average molecular weight is 388 g/mol. The maximum Gasteiger partial charge on any atom is 0.352 e. The van der Waals surface area contributed by atoms with Gasteiger partial charge in [0.15, 0.2) is 6.10 Å². The fourth-order valence-corrected chi connectivity index (χ4v) is 2.58. The van der Waals surface area contributed by atoms with Crippen LogP contribution in [0.25, 0.3) is 0 Å². The molecule has 0 amide bonds. The van der Waals surface area contributed by atoms with Crippen LogP contribution < -0.4 is 9.47 Å². The first-order valence-corrected chi connectivity index (χ1v) is 8.57. The van der Waals surface area contributed by atoms with E-state index >= 15 is 0 Å². The number of ether oxygens (including phenoxy) is 2. The van der Waals surface area contributed by atoms with E-state index in [0.717, 1.165) is 17.5 Å². The average Bonchev–Trinajstić information content (AvgIpc) is 2.54. The second kappa shape index (κ2) is 8.11. The van der Waals surface area contributed by atoms with Crippen molar-refractivity contribution in [3.05, 3.63) is 56.5 Å². The van der Waals surface area contributed by atoms with Crippen LogP contribution in [0, 0.1) is 6.92 Å². The largest absolute Gasteiger partial charge is 0.477 e. The number of carbonyl (C=O) groups excluding carboxylic acids is 1.